The fraction of sp³-hybridized carbons (Fsp3) is 0.462. The summed E-state index contributed by atoms with van der Waals surface area (Å²) in [6.45, 7) is 1.70. The van der Waals surface area contributed by atoms with Crippen molar-refractivity contribution in [2.75, 3.05) is 7.11 Å². The van der Waals surface area contributed by atoms with Crippen LogP contribution in [-0.4, -0.2) is 12.9 Å². The average Bonchev–Trinajstić information content (AvgIpc) is 3.00. The van der Waals surface area contributed by atoms with E-state index in [9.17, 15) is 4.79 Å². The highest BCUT2D eigenvalue weighted by molar-refractivity contribution is 5.85. The Morgan fingerprint density at radius 2 is 2.07 bits per heavy atom. The van der Waals surface area contributed by atoms with Gasteiger partial charge >= 0.3 is 0 Å². The summed E-state index contributed by atoms with van der Waals surface area (Å²) in [5.74, 6) is 1.21. The maximum Gasteiger partial charge on any atom is 0.136 e. The van der Waals surface area contributed by atoms with Crippen LogP contribution in [0, 0.1) is 5.41 Å². The van der Waals surface area contributed by atoms with Crippen molar-refractivity contribution in [1.29, 1.82) is 0 Å². The molecule has 0 spiro atoms. The van der Waals surface area contributed by atoms with E-state index in [2.05, 4.69) is 0 Å². The molecule has 80 valence electrons. The maximum atomic E-state index is 11.5. The number of carbonyl (C=O) groups excluding carboxylic acids is 1. The van der Waals surface area contributed by atoms with Crippen LogP contribution in [0.1, 0.15) is 25.3 Å². The van der Waals surface area contributed by atoms with Crippen molar-refractivity contribution in [2.45, 2.75) is 26.2 Å². The van der Waals surface area contributed by atoms with Crippen molar-refractivity contribution >= 4 is 5.78 Å². The van der Waals surface area contributed by atoms with Gasteiger partial charge in [0, 0.05) is 5.41 Å². The van der Waals surface area contributed by atoms with Gasteiger partial charge in [-0.15, -0.1) is 0 Å². The van der Waals surface area contributed by atoms with E-state index < -0.39 is 0 Å². The summed E-state index contributed by atoms with van der Waals surface area (Å²) in [6.07, 6.45) is 2.88. The smallest absolute Gasteiger partial charge is 0.136 e. The third kappa shape index (κ3) is 1.89. The molecule has 0 aromatic heterocycles. The fourth-order valence-electron chi connectivity index (χ4n) is 2.02. The minimum atomic E-state index is -0.0748. The van der Waals surface area contributed by atoms with Gasteiger partial charge in [0.05, 0.1) is 7.11 Å². The maximum absolute atomic E-state index is 11.5. The molecule has 0 amide bonds. The van der Waals surface area contributed by atoms with Gasteiger partial charge in [-0.25, -0.2) is 0 Å². The van der Waals surface area contributed by atoms with Crippen LogP contribution in [0.5, 0.6) is 5.75 Å². The van der Waals surface area contributed by atoms with Crippen LogP contribution in [0.2, 0.25) is 0 Å². The largest absolute Gasteiger partial charge is 0.496 e. The molecule has 0 aliphatic heterocycles. The van der Waals surface area contributed by atoms with E-state index in [1.54, 1.807) is 14.0 Å². The summed E-state index contributed by atoms with van der Waals surface area (Å²) in [5.41, 5.74) is 1.07. The highest BCUT2D eigenvalue weighted by Crippen LogP contribution is 2.50. The molecule has 1 fully saturated rings. The Kier molecular flexibility index (Phi) is 2.51. The molecule has 0 saturated heterocycles. The monoisotopic (exact) mass is 204 g/mol. The van der Waals surface area contributed by atoms with Crippen molar-refractivity contribution in [3.8, 4) is 5.75 Å². The summed E-state index contributed by atoms with van der Waals surface area (Å²) >= 11 is 0. The lowest BCUT2D eigenvalue weighted by atomic mass is 9.92. The highest BCUT2D eigenvalue weighted by Gasteiger charge is 2.47. The van der Waals surface area contributed by atoms with Crippen LogP contribution >= 0.6 is 0 Å². The molecule has 0 atom stereocenters. The van der Waals surface area contributed by atoms with E-state index in [0.29, 0.717) is 5.78 Å². The van der Waals surface area contributed by atoms with Gasteiger partial charge in [0.25, 0.3) is 0 Å². The first-order valence-electron chi connectivity index (χ1n) is 5.31. The standard InChI is InChI=1S/C13H16O2/c1-10(14)13(7-8-13)9-11-5-3-4-6-12(11)15-2/h3-6H,7-9H2,1-2H3. The average molecular weight is 204 g/mol. The zero-order valence-electron chi connectivity index (χ0n) is 9.25. The van der Waals surface area contributed by atoms with E-state index in [-0.39, 0.29) is 5.41 Å². The highest BCUT2D eigenvalue weighted by atomic mass is 16.5. The molecule has 1 aromatic carbocycles. The molecule has 0 unspecified atom stereocenters. The van der Waals surface area contributed by atoms with E-state index >= 15 is 0 Å². The Balaban J connectivity index is 2.21. The van der Waals surface area contributed by atoms with Crippen molar-refractivity contribution in [3.63, 3.8) is 0 Å². The minimum absolute atomic E-state index is 0.0748. The van der Waals surface area contributed by atoms with E-state index in [1.807, 2.05) is 24.3 Å². The van der Waals surface area contributed by atoms with Gasteiger partial charge in [0.2, 0.25) is 0 Å². The van der Waals surface area contributed by atoms with Crippen LogP contribution in [0.3, 0.4) is 0 Å². The number of ether oxygens (including phenoxy) is 1. The van der Waals surface area contributed by atoms with E-state index in [1.165, 1.54) is 0 Å². The Hall–Kier alpha value is -1.31. The van der Waals surface area contributed by atoms with Crippen molar-refractivity contribution in [3.05, 3.63) is 29.8 Å². The molecular formula is C13H16O2. The molecule has 2 rings (SSSR count). The number of methoxy groups -OCH3 is 1. The molecule has 2 nitrogen and oxygen atoms in total. The molecule has 1 aromatic rings. The molecule has 1 aliphatic rings. The second-order valence-electron chi connectivity index (χ2n) is 4.33. The van der Waals surface area contributed by atoms with E-state index in [4.69, 9.17) is 4.74 Å². The Morgan fingerprint density at radius 3 is 2.60 bits per heavy atom. The van der Waals surface area contributed by atoms with Crippen LogP contribution in [0.4, 0.5) is 0 Å². The number of carbonyl (C=O) groups is 1. The summed E-state index contributed by atoms with van der Waals surface area (Å²) in [5, 5.41) is 0. The number of para-hydroxylation sites is 1. The lowest BCUT2D eigenvalue weighted by Crippen LogP contribution is -2.15. The number of rotatable bonds is 4. The Labute approximate surface area is 90.3 Å². The van der Waals surface area contributed by atoms with Crippen LogP contribution in [-0.2, 0) is 11.2 Å². The van der Waals surface area contributed by atoms with Crippen LogP contribution in [0.15, 0.2) is 24.3 Å². The van der Waals surface area contributed by atoms with Crippen LogP contribution < -0.4 is 4.74 Å². The topological polar surface area (TPSA) is 26.3 Å². The predicted octanol–water partition coefficient (Wildman–Crippen LogP) is 2.61. The van der Waals surface area contributed by atoms with Crippen molar-refractivity contribution in [2.24, 2.45) is 5.41 Å². The van der Waals surface area contributed by atoms with Crippen LogP contribution in [0.25, 0.3) is 0 Å². The van der Waals surface area contributed by atoms with Crippen molar-refractivity contribution < 1.29 is 9.53 Å². The molecule has 1 aliphatic carbocycles. The normalized spacial score (nSPS) is 17.2. The number of ketones is 1. The minimum Gasteiger partial charge on any atom is -0.496 e. The number of Topliss-reactive ketones (excluding diaryl/α,β-unsaturated/α-hetero) is 1. The SMILES string of the molecule is COc1ccccc1CC1(C(C)=O)CC1. The first kappa shape index (κ1) is 10.2. The third-order valence-corrected chi connectivity index (χ3v) is 3.32. The number of hydrogen-bond donors (Lipinski definition) is 0. The molecule has 0 N–H and O–H groups in total. The van der Waals surface area contributed by atoms with Crippen molar-refractivity contribution in [1.82, 2.24) is 0 Å². The third-order valence-electron chi connectivity index (χ3n) is 3.32. The quantitative estimate of drug-likeness (QED) is 0.753. The lowest BCUT2D eigenvalue weighted by molar-refractivity contribution is -0.121. The summed E-state index contributed by atoms with van der Waals surface area (Å²) in [4.78, 5) is 11.5. The fourth-order valence-corrected chi connectivity index (χ4v) is 2.02. The summed E-state index contributed by atoms with van der Waals surface area (Å²) in [7, 11) is 1.67. The molecule has 1 saturated carbocycles. The molecule has 2 heteroatoms. The number of benzene rings is 1. The second-order valence-corrected chi connectivity index (χ2v) is 4.33. The molecular weight excluding hydrogens is 188 g/mol. The van der Waals surface area contributed by atoms with Gasteiger partial charge in [0.15, 0.2) is 0 Å². The van der Waals surface area contributed by atoms with Gasteiger partial charge < -0.3 is 4.74 Å². The summed E-state index contributed by atoms with van der Waals surface area (Å²) < 4.78 is 5.29. The van der Waals surface area contributed by atoms with Gasteiger partial charge in [-0.05, 0) is 37.8 Å². The zero-order chi connectivity index (χ0) is 10.9. The molecule has 0 radical (unpaired) electrons. The first-order chi connectivity index (χ1) is 7.18. The molecule has 15 heavy (non-hydrogen) atoms. The first-order valence-corrected chi connectivity index (χ1v) is 5.31. The second kappa shape index (κ2) is 3.69. The predicted molar refractivity (Wildman–Crippen MR) is 59.0 cm³/mol. The summed E-state index contributed by atoms with van der Waals surface area (Å²) in [6, 6.07) is 7.94. The van der Waals surface area contributed by atoms with Gasteiger partial charge in [-0.1, -0.05) is 18.2 Å². The molecule has 0 heterocycles. The van der Waals surface area contributed by atoms with Gasteiger partial charge in [-0.2, -0.15) is 0 Å². The molecule has 0 bridgehead atoms. The Bertz CT molecular complexity index is 378. The Morgan fingerprint density at radius 1 is 1.40 bits per heavy atom. The number of hydrogen-bond acceptors (Lipinski definition) is 2. The van der Waals surface area contributed by atoms with Gasteiger partial charge in [-0.3, -0.25) is 4.79 Å². The van der Waals surface area contributed by atoms with E-state index in [0.717, 1.165) is 30.6 Å². The lowest BCUT2D eigenvalue weighted by Gasteiger charge is -2.13. The van der Waals surface area contributed by atoms with Gasteiger partial charge in [0.1, 0.15) is 11.5 Å². The zero-order valence-corrected chi connectivity index (χ0v) is 9.25.